The van der Waals surface area contributed by atoms with Crippen LogP contribution in [0.3, 0.4) is 0 Å². The average molecular weight is 432 g/mol. The van der Waals surface area contributed by atoms with Crippen LogP contribution >= 0.6 is 15.9 Å². The third-order valence-electron chi connectivity index (χ3n) is 4.17. The predicted molar refractivity (Wildman–Crippen MR) is 105 cm³/mol. The molecule has 1 heterocycles. The molecule has 3 aromatic rings. The molecule has 27 heavy (non-hydrogen) atoms. The summed E-state index contributed by atoms with van der Waals surface area (Å²) in [6.07, 6.45) is 0.411. The molecule has 6 heteroatoms. The smallest absolute Gasteiger partial charge is 0.188 e. The quantitative estimate of drug-likeness (QED) is 0.542. The number of aromatic hydroxyl groups is 1. The number of halogens is 2. The summed E-state index contributed by atoms with van der Waals surface area (Å²) in [5.41, 5.74) is 3.88. The van der Waals surface area contributed by atoms with E-state index in [0.717, 1.165) is 22.4 Å². The summed E-state index contributed by atoms with van der Waals surface area (Å²) >= 11 is 3.25. The first-order chi connectivity index (χ1) is 13.0. The van der Waals surface area contributed by atoms with E-state index in [4.69, 9.17) is 14.5 Å². The lowest BCUT2D eigenvalue weighted by molar-refractivity contribution is 0.0513. The van der Waals surface area contributed by atoms with Gasteiger partial charge in [-0.2, -0.15) is 0 Å². The number of phenolic OH excluding ortho intramolecular Hbond substituents is 1. The molecule has 0 atom stereocenters. The fraction of sp³-hybridized carbons (Fsp3) is 0.190. The molecule has 0 aliphatic heterocycles. The van der Waals surface area contributed by atoms with Crippen molar-refractivity contribution in [3.8, 4) is 22.8 Å². The molecule has 0 unspecified atom stereocenters. The molecule has 0 bridgehead atoms. The lowest BCUT2D eigenvalue weighted by atomic mass is 10.0. The number of hydrogen-bond donors (Lipinski definition) is 1. The zero-order chi connectivity index (χ0) is 19.4. The minimum absolute atomic E-state index is 0.120. The summed E-state index contributed by atoms with van der Waals surface area (Å²) in [5, 5.41) is 9.63. The van der Waals surface area contributed by atoms with Crippen molar-refractivity contribution in [3.63, 3.8) is 0 Å². The lowest BCUT2D eigenvalue weighted by Gasteiger charge is -2.14. The molecule has 0 saturated carbocycles. The van der Waals surface area contributed by atoms with E-state index in [0.29, 0.717) is 17.9 Å². The molecule has 2 aromatic carbocycles. The number of aryl methyl sites for hydroxylation is 1. The Morgan fingerprint density at radius 2 is 1.89 bits per heavy atom. The zero-order valence-electron chi connectivity index (χ0n) is 15.0. The van der Waals surface area contributed by atoms with Crippen molar-refractivity contribution in [2.75, 3.05) is 13.9 Å². The third kappa shape index (κ3) is 4.28. The van der Waals surface area contributed by atoms with Crippen LogP contribution < -0.4 is 4.74 Å². The van der Waals surface area contributed by atoms with E-state index >= 15 is 0 Å². The zero-order valence-corrected chi connectivity index (χ0v) is 16.6. The number of pyridine rings is 1. The second kappa shape index (κ2) is 8.50. The second-order valence-electron chi connectivity index (χ2n) is 6.06. The number of aromatic nitrogens is 1. The van der Waals surface area contributed by atoms with Crippen LogP contribution in [0.25, 0.3) is 11.3 Å². The fourth-order valence-corrected chi connectivity index (χ4v) is 3.45. The van der Waals surface area contributed by atoms with Gasteiger partial charge in [0.25, 0.3) is 0 Å². The Bertz CT molecular complexity index is 948. The van der Waals surface area contributed by atoms with Gasteiger partial charge in [0.05, 0.1) is 4.47 Å². The van der Waals surface area contributed by atoms with Gasteiger partial charge in [0.1, 0.15) is 11.4 Å². The van der Waals surface area contributed by atoms with E-state index in [1.54, 1.807) is 7.11 Å². The summed E-state index contributed by atoms with van der Waals surface area (Å²) in [4.78, 5) is 4.74. The number of nitrogens with zero attached hydrogens (tertiary/aromatic N) is 1. The fourth-order valence-electron chi connectivity index (χ4n) is 2.80. The van der Waals surface area contributed by atoms with E-state index in [1.807, 2.05) is 49.4 Å². The van der Waals surface area contributed by atoms with Gasteiger partial charge in [-0.25, -0.2) is 9.37 Å². The van der Waals surface area contributed by atoms with Crippen molar-refractivity contribution in [3.05, 3.63) is 75.6 Å². The lowest BCUT2D eigenvalue weighted by Crippen LogP contribution is -2.04. The molecule has 0 aliphatic rings. The minimum atomic E-state index is -0.668. The molecule has 1 aromatic heterocycles. The highest BCUT2D eigenvalue weighted by molar-refractivity contribution is 9.10. The number of rotatable bonds is 6. The van der Waals surface area contributed by atoms with Crippen LogP contribution in [0.4, 0.5) is 4.39 Å². The highest BCUT2D eigenvalue weighted by Crippen LogP contribution is 2.33. The molecular weight excluding hydrogens is 413 g/mol. The minimum Gasteiger partial charge on any atom is -0.505 e. The molecule has 0 fully saturated rings. The van der Waals surface area contributed by atoms with Crippen LogP contribution in [-0.2, 0) is 11.2 Å². The van der Waals surface area contributed by atoms with Crippen molar-refractivity contribution >= 4 is 15.9 Å². The number of ether oxygens (including phenoxy) is 2. The van der Waals surface area contributed by atoms with Gasteiger partial charge in [-0.05, 0) is 52.2 Å². The highest BCUT2D eigenvalue weighted by atomic mass is 79.9. The maximum absolute atomic E-state index is 14.1. The number of hydrogen-bond acceptors (Lipinski definition) is 4. The number of phenols is 1. The summed E-state index contributed by atoms with van der Waals surface area (Å²) in [7, 11) is 1.56. The van der Waals surface area contributed by atoms with Gasteiger partial charge in [0.2, 0.25) is 0 Å². The van der Waals surface area contributed by atoms with Gasteiger partial charge in [0, 0.05) is 24.8 Å². The molecule has 0 aliphatic carbocycles. The molecule has 4 nitrogen and oxygen atoms in total. The standard InChI is InChI=1S/C21H19BrFNO3/c1-13-10-17(25)20(23)19(22)16(13)11-15-8-9-18(27-12-26-2)21(24-15)14-6-4-3-5-7-14/h3-10,25H,11-12H2,1-2H3. The van der Waals surface area contributed by atoms with Crippen LogP contribution in [0.15, 0.2) is 53.0 Å². The van der Waals surface area contributed by atoms with Crippen LogP contribution in [-0.4, -0.2) is 24.0 Å². The summed E-state index contributed by atoms with van der Waals surface area (Å²) < 4.78 is 25.0. The second-order valence-corrected chi connectivity index (χ2v) is 6.86. The molecule has 3 rings (SSSR count). The predicted octanol–water partition coefficient (Wildman–Crippen LogP) is 5.24. The van der Waals surface area contributed by atoms with E-state index in [9.17, 15) is 9.50 Å². The Morgan fingerprint density at radius 3 is 2.59 bits per heavy atom. The average Bonchev–Trinajstić information content (AvgIpc) is 2.69. The summed E-state index contributed by atoms with van der Waals surface area (Å²) in [6.45, 7) is 1.95. The van der Waals surface area contributed by atoms with Crippen molar-refractivity contribution < 1.29 is 19.0 Å². The maximum atomic E-state index is 14.1. The first kappa shape index (κ1) is 19.3. The maximum Gasteiger partial charge on any atom is 0.188 e. The van der Waals surface area contributed by atoms with E-state index in [1.165, 1.54) is 6.07 Å². The van der Waals surface area contributed by atoms with Crippen molar-refractivity contribution in [2.24, 2.45) is 0 Å². The topological polar surface area (TPSA) is 51.6 Å². The first-order valence-corrected chi connectivity index (χ1v) is 9.14. The van der Waals surface area contributed by atoms with Gasteiger partial charge < -0.3 is 14.6 Å². The van der Waals surface area contributed by atoms with Crippen molar-refractivity contribution in [1.82, 2.24) is 4.98 Å². The monoisotopic (exact) mass is 431 g/mol. The molecule has 0 saturated heterocycles. The Labute approximate surface area is 165 Å². The molecule has 0 spiro atoms. The van der Waals surface area contributed by atoms with Gasteiger partial charge >= 0.3 is 0 Å². The van der Waals surface area contributed by atoms with Crippen LogP contribution in [0.1, 0.15) is 16.8 Å². The van der Waals surface area contributed by atoms with Crippen molar-refractivity contribution in [1.29, 1.82) is 0 Å². The molecule has 0 amide bonds. The Hall–Kier alpha value is -2.44. The highest BCUT2D eigenvalue weighted by Gasteiger charge is 2.16. The van der Waals surface area contributed by atoms with Crippen LogP contribution in [0.2, 0.25) is 0 Å². The first-order valence-electron chi connectivity index (χ1n) is 8.34. The van der Waals surface area contributed by atoms with Crippen molar-refractivity contribution in [2.45, 2.75) is 13.3 Å². The molecule has 0 radical (unpaired) electrons. The third-order valence-corrected chi connectivity index (χ3v) is 4.99. The summed E-state index contributed by atoms with van der Waals surface area (Å²) in [6, 6.07) is 14.8. The van der Waals surface area contributed by atoms with Gasteiger partial charge in [0.15, 0.2) is 18.4 Å². The van der Waals surface area contributed by atoms with Crippen LogP contribution in [0, 0.1) is 12.7 Å². The Balaban J connectivity index is 2.02. The normalized spacial score (nSPS) is 10.8. The summed E-state index contributed by atoms with van der Waals surface area (Å²) in [5.74, 6) is -0.428. The Morgan fingerprint density at radius 1 is 1.15 bits per heavy atom. The van der Waals surface area contributed by atoms with E-state index < -0.39 is 5.82 Å². The van der Waals surface area contributed by atoms with Crippen LogP contribution in [0.5, 0.6) is 11.5 Å². The SMILES string of the molecule is COCOc1ccc(Cc2c(C)cc(O)c(F)c2Br)nc1-c1ccccc1. The van der Waals surface area contributed by atoms with E-state index in [2.05, 4.69) is 15.9 Å². The Kier molecular flexibility index (Phi) is 6.08. The van der Waals surface area contributed by atoms with E-state index in [-0.39, 0.29) is 17.0 Å². The number of benzene rings is 2. The molecule has 1 N–H and O–H groups in total. The van der Waals surface area contributed by atoms with Gasteiger partial charge in [-0.1, -0.05) is 30.3 Å². The van der Waals surface area contributed by atoms with Gasteiger partial charge in [-0.3, -0.25) is 0 Å². The van der Waals surface area contributed by atoms with Gasteiger partial charge in [-0.15, -0.1) is 0 Å². The largest absolute Gasteiger partial charge is 0.505 e. The molecule has 140 valence electrons. The number of methoxy groups -OCH3 is 1. The molecular formula is C21H19BrFNO3.